The minimum atomic E-state index is -0.0966. The predicted molar refractivity (Wildman–Crippen MR) is 77.4 cm³/mol. The molecule has 1 aromatic rings. The molecule has 0 radical (unpaired) electrons. The van der Waals surface area contributed by atoms with Crippen molar-refractivity contribution in [2.75, 3.05) is 30.9 Å². The Hall–Kier alpha value is -1.36. The lowest BCUT2D eigenvalue weighted by atomic mass is 9.95. The summed E-state index contributed by atoms with van der Waals surface area (Å²) in [6, 6.07) is 2.32. The fourth-order valence-electron chi connectivity index (χ4n) is 2.23. The van der Waals surface area contributed by atoms with Crippen LogP contribution in [0.1, 0.15) is 39.4 Å². The number of nitrogens with zero attached hydrogens (tertiary/aromatic N) is 3. The Labute approximate surface area is 115 Å². The highest BCUT2D eigenvalue weighted by molar-refractivity contribution is 5.47. The maximum absolute atomic E-state index is 5.92. The molecule has 0 saturated carbocycles. The van der Waals surface area contributed by atoms with Gasteiger partial charge in [-0.2, -0.15) is 0 Å². The molecule has 2 N–H and O–H groups in total. The minimum Gasteiger partial charge on any atom is -0.384 e. The van der Waals surface area contributed by atoms with E-state index in [1.807, 2.05) is 6.07 Å². The molecule has 0 aliphatic carbocycles. The molecule has 1 aliphatic rings. The Kier molecular flexibility index (Phi) is 3.94. The Balaban J connectivity index is 2.26. The van der Waals surface area contributed by atoms with Gasteiger partial charge in [-0.15, -0.1) is 0 Å². The summed E-state index contributed by atoms with van der Waals surface area (Å²) in [5.74, 6) is 2.24. The van der Waals surface area contributed by atoms with Gasteiger partial charge in [0.25, 0.3) is 0 Å². The van der Waals surface area contributed by atoms with Crippen LogP contribution in [-0.2, 0) is 10.2 Å². The van der Waals surface area contributed by atoms with E-state index in [4.69, 9.17) is 10.5 Å². The molecule has 1 fully saturated rings. The van der Waals surface area contributed by atoms with Crippen molar-refractivity contribution in [1.29, 1.82) is 0 Å². The Bertz CT molecular complexity index is 436. The number of anilines is 2. The first kappa shape index (κ1) is 14.1. The van der Waals surface area contributed by atoms with E-state index in [2.05, 4.69) is 42.7 Å². The zero-order valence-electron chi connectivity index (χ0n) is 12.3. The normalized spacial score (nSPS) is 17.5. The van der Waals surface area contributed by atoms with Crippen LogP contribution in [0.3, 0.4) is 0 Å². The summed E-state index contributed by atoms with van der Waals surface area (Å²) in [6.07, 6.45) is 2.07. The zero-order chi connectivity index (χ0) is 14.0. The van der Waals surface area contributed by atoms with E-state index < -0.39 is 0 Å². The van der Waals surface area contributed by atoms with Crippen molar-refractivity contribution in [3.63, 3.8) is 0 Å². The lowest BCUT2D eigenvalue weighted by molar-refractivity contribution is 0.0853. The second-order valence-electron chi connectivity index (χ2n) is 6.18. The number of aromatic nitrogens is 2. The second kappa shape index (κ2) is 5.33. The summed E-state index contributed by atoms with van der Waals surface area (Å²) in [7, 11) is 2.07. The molecule has 0 bridgehead atoms. The molecule has 0 amide bonds. The molecule has 1 aromatic heterocycles. The van der Waals surface area contributed by atoms with E-state index in [9.17, 15) is 0 Å². The van der Waals surface area contributed by atoms with Gasteiger partial charge in [-0.05, 0) is 12.8 Å². The summed E-state index contributed by atoms with van der Waals surface area (Å²) in [6.45, 7) is 7.93. The van der Waals surface area contributed by atoms with Gasteiger partial charge in [0, 0.05) is 37.8 Å². The smallest absolute Gasteiger partial charge is 0.138 e. The summed E-state index contributed by atoms with van der Waals surface area (Å²) in [5.41, 5.74) is 5.82. The van der Waals surface area contributed by atoms with Crippen LogP contribution in [0.15, 0.2) is 6.07 Å². The van der Waals surface area contributed by atoms with Gasteiger partial charge >= 0.3 is 0 Å². The molecule has 106 valence electrons. The molecule has 0 aromatic carbocycles. The number of nitrogens with two attached hydrogens (primary N) is 1. The molecular formula is C14H24N4O. The van der Waals surface area contributed by atoms with Crippen molar-refractivity contribution in [3.8, 4) is 0 Å². The van der Waals surface area contributed by atoms with Gasteiger partial charge in [0.15, 0.2) is 0 Å². The van der Waals surface area contributed by atoms with Crippen LogP contribution >= 0.6 is 0 Å². The van der Waals surface area contributed by atoms with Crippen LogP contribution in [0.25, 0.3) is 0 Å². The number of hydrogen-bond donors (Lipinski definition) is 1. The third-order valence-electron chi connectivity index (χ3n) is 3.50. The largest absolute Gasteiger partial charge is 0.384 e. The van der Waals surface area contributed by atoms with Crippen molar-refractivity contribution in [1.82, 2.24) is 9.97 Å². The average Bonchev–Trinajstić information content (AvgIpc) is 2.37. The van der Waals surface area contributed by atoms with Gasteiger partial charge in [0.1, 0.15) is 17.5 Å². The fraction of sp³-hybridized carbons (Fsp3) is 0.714. The number of hydrogen-bond acceptors (Lipinski definition) is 5. The van der Waals surface area contributed by atoms with E-state index in [1.165, 1.54) is 0 Å². The highest BCUT2D eigenvalue weighted by atomic mass is 16.5. The van der Waals surface area contributed by atoms with E-state index in [0.29, 0.717) is 11.9 Å². The van der Waals surface area contributed by atoms with Gasteiger partial charge in [0.05, 0.1) is 0 Å². The van der Waals surface area contributed by atoms with Gasteiger partial charge < -0.3 is 15.4 Å². The maximum atomic E-state index is 5.92. The topological polar surface area (TPSA) is 64.3 Å². The molecule has 2 heterocycles. The number of ether oxygens (including phenoxy) is 1. The van der Waals surface area contributed by atoms with Crippen LogP contribution in [0.4, 0.5) is 11.6 Å². The fourth-order valence-corrected chi connectivity index (χ4v) is 2.23. The zero-order valence-corrected chi connectivity index (χ0v) is 12.3. The predicted octanol–water partition coefficient (Wildman–Crippen LogP) is 1.97. The second-order valence-corrected chi connectivity index (χ2v) is 6.18. The standard InChI is InChI=1S/C14H24N4O/c1-14(2,3)13-16-11(15)9-12(17-13)18(4)10-5-7-19-8-6-10/h9-10H,5-8H2,1-4H3,(H2,15,16,17). The van der Waals surface area contributed by atoms with Crippen LogP contribution in [0.2, 0.25) is 0 Å². The first-order valence-electron chi connectivity index (χ1n) is 6.83. The monoisotopic (exact) mass is 264 g/mol. The van der Waals surface area contributed by atoms with E-state index in [-0.39, 0.29) is 5.41 Å². The molecule has 1 aliphatic heterocycles. The average molecular weight is 264 g/mol. The Morgan fingerprint density at radius 1 is 1.26 bits per heavy atom. The number of rotatable bonds is 2. The van der Waals surface area contributed by atoms with Crippen molar-refractivity contribution < 1.29 is 4.74 Å². The quantitative estimate of drug-likeness (QED) is 0.884. The summed E-state index contributed by atoms with van der Waals surface area (Å²) in [5, 5.41) is 0. The van der Waals surface area contributed by atoms with Gasteiger partial charge in [-0.25, -0.2) is 9.97 Å². The maximum Gasteiger partial charge on any atom is 0.138 e. The third kappa shape index (κ3) is 3.35. The lowest BCUT2D eigenvalue weighted by Crippen LogP contribution is -2.37. The molecule has 0 unspecified atom stereocenters. The third-order valence-corrected chi connectivity index (χ3v) is 3.50. The molecule has 2 rings (SSSR count). The Morgan fingerprint density at radius 3 is 2.47 bits per heavy atom. The van der Waals surface area contributed by atoms with E-state index in [1.54, 1.807) is 0 Å². The van der Waals surface area contributed by atoms with Crippen molar-refractivity contribution in [2.24, 2.45) is 0 Å². The minimum absolute atomic E-state index is 0.0966. The highest BCUT2D eigenvalue weighted by Crippen LogP contribution is 2.25. The SMILES string of the molecule is CN(c1cc(N)nc(C(C)(C)C)n1)C1CCOCC1. The molecule has 5 nitrogen and oxygen atoms in total. The van der Waals surface area contributed by atoms with E-state index in [0.717, 1.165) is 37.7 Å². The highest BCUT2D eigenvalue weighted by Gasteiger charge is 2.23. The van der Waals surface area contributed by atoms with Crippen LogP contribution in [0.5, 0.6) is 0 Å². The summed E-state index contributed by atoms with van der Waals surface area (Å²) in [4.78, 5) is 11.2. The first-order chi connectivity index (χ1) is 8.88. The lowest BCUT2D eigenvalue weighted by Gasteiger charge is -2.32. The van der Waals surface area contributed by atoms with Gasteiger partial charge in [0.2, 0.25) is 0 Å². The molecular weight excluding hydrogens is 240 g/mol. The summed E-state index contributed by atoms with van der Waals surface area (Å²) >= 11 is 0. The van der Waals surface area contributed by atoms with Gasteiger partial charge in [-0.1, -0.05) is 20.8 Å². The van der Waals surface area contributed by atoms with Crippen molar-refractivity contribution in [3.05, 3.63) is 11.9 Å². The Morgan fingerprint density at radius 2 is 1.89 bits per heavy atom. The van der Waals surface area contributed by atoms with Crippen LogP contribution < -0.4 is 10.6 Å². The molecule has 5 heteroatoms. The molecule has 0 atom stereocenters. The van der Waals surface area contributed by atoms with Crippen molar-refractivity contribution in [2.45, 2.75) is 45.1 Å². The van der Waals surface area contributed by atoms with Crippen LogP contribution in [-0.4, -0.2) is 36.3 Å². The van der Waals surface area contributed by atoms with Crippen LogP contribution in [0, 0.1) is 0 Å². The van der Waals surface area contributed by atoms with Gasteiger partial charge in [-0.3, -0.25) is 0 Å². The summed E-state index contributed by atoms with van der Waals surface area (Å²) < 4.78 is 5.40. The molecule has 19 heavy (non-hydrogen) atoms. The van der Waals surface area contributed by atoms with Crippen molar-refractivity contribution >= 4 is 11.6 Å². The first-order valence-corrected chi connectivity index (χ1v) is 6.83. The molecule has 1 saturated heterocycles. The molecule has 0 spiro atoms. The number of nitrogen functional groups attached to an aromatic ring is 1. The van der Waals surface area contributed by atoms with E-state index >= 15 is 0 Å².